The standard InChI is InChI=1S/C14H26N4O/c1-10(2)13(15)9-14(19)16-6-5-7-18-12(4)8-11(3)17-18/h8,10,13H,5-7,9,15H2,1-4H3,(H,16,19). The van der Waals surface area contributed by atoms with E-state index in [-0.39, 0.29) is 11.9 Å². The van der Waals surface area contributed by atoms with Crippen LogP contribution in [0.1, 0.15) is 38.1 Å². The average molecular weight is 266 g/mol. The van der Waals surface area contributed by atoms with E-state index in [0.717, 1.165) is 24.4 Å². The first-order chi connectivity index (χ1) is 8.90. The second kappa shape index (κ2) is 7.28. The van der Waals surface area contributed by atoms with Crippen LogP contribution >= 0.6 is 0 Å². The average Bonchev–Trinajstić information content (AvgIpc) is 2.63. The quantitative estimate of drug-likeness (QED) is 0.732. The molecule has 1 unspecified atom stereocenters. The highest BCUT2D eigenvalue weighted by Crippen LogP contribution is 2.03. The Morgan fingerprint density at radius 2 is 2.16 bits per heavy atom. The summed E-state index contributed by atoms with van der Waals surface area (Å²) in [5.74, 6) is 0.370. The van der Waals surface area contributed by atoms with Crippen LogP contribution in [0, 0.1) is 19.8 Å². The van der Waals surface area contributed by atoms with E-state index in [4.69, 9.17) is 5.73 Å². The highest BCUT2D eigenvalue weighted by atomic mass is 16.1. The topological polar surface area (TPSA) is 72.9 Å². The van der Waals surface area contributed by atoms with Crippen molar-refractivity contribution in [1.29, 1.82) is 0 Å². The summed E-state index contributed by atoms with van der Waals surface area (Å²) in [6.45, 7) is 9.58. The largest absolute Gasteiger partial charge is 0.356 e. The maximum absolute atomic E-state index is 11.6. The molecule has 19 heavy (non-hydrogen) atoms. The van der Waals surface area contributed by atoms with Crippen LogP contribution in [0.4, 0.5) is 0 Å². The second-order valence-electron chi connectivity index (χ2n) is 5.47. The van der Waals surface area contributed by atoms with E-state index in [1.54, 1.807) is 0 Å². The number of nitrogens with one attached hydrogen (secondary N) is 1. The lowest BCUT2D eigenvalue weighted by atomic mass is 10.0. The summed E-state index contributed by atoms with van der Waals surface area (Å²) in [6, 6.07) is 2.00. The molecule has 0 aliphatic rings. The number of rotatable bonds is 7. The highest BCUT2D eigenvalue weighted by Gasteiger charge is 2.12. The van der Waals surface area contributed by atoms with Gasteiger partial charge >= 0.3 is 0 Å². The molecule has 0 aliphatic carbocycles. The molecule has 1 amide bonds. The number of nitrogens with zero attached hydrogens (tertiary/aromatic N) is 2. The van der Waals surface area contributed by atoms with Crippen molar-refractivity contribution in [3.8, 4) is 0 Å². The zero-order chi connectivity index (χ0) is 14.4. The van der Waals surface area contributed by atoms with E-state index in [0.29, 0.717) is 18.9 Å². The van der Waals surface area contributed by atoms with Crippen molar-refractivity contribution in [3.05, 3.63) is 17.5 Å². The van der Waals surface area contributed by atoms with Gasteiger partial charge in [-0.1, -0.05) is 13.8 Å². The van der Waals surface area contributed by atoms with Crippen molar-refractivity contribution in [1.82, 2.24) is 15.1 Å². The minimum atomic E-state index is -0.0593. The molecule has 0 aliphatic heterocycles. The molecule has 1 rings (SSSR count). The van der Waals surface area contributed by atoms with E-state index >= 15 is 0 Å². The molecule has 0 spiro atoms. The molecule has 1 aromatic heterocycles. The Bertz CT molecular complexity index is 412. The number of amides is 1. The van der Waals surface area contributed by atoms with Crippen molar-refractivity contribution in [2.45, 2.75) is 53.1 Å². The molecule has 5 nitrogen and oxygen atoms in total. The number of hydrogen-bond donors (Lipinski definition) is 2. The number of aromatic nitrogens is 2. The number of carbonyl (C=O) groups is 1. The molecule has 1 atom stereocenters. The minimum Gasteiger partial charge on any atom is -0.356 e. The Hall–Kier alpha value is -1.36. The van der Waals surface area contributed by atoms with Crippen LogP contribution in [-0.4, -0.2) is 28.3 Å². The second-order valence-corrected chi connectivity index (χ2v) is 5.47. The van der Waals surface area contributed by atoms with Crippen molar-refractivity contribution in [2.75, 3.05) is 6.54 Å². The Kier molecular flexibility index (Phi) is 6.02. The third-order valence-electron chi connectivity index (χ3n) is 3.25. The van der Waals surface area contributed by atoms with Crippen LogP contribution in [0.25, 0.3) is 0 Å². The zero-order valence-electron chi connectivity index (χ0n) is 12.4. The lowest BCUT2D eigenvalue weighted by Crippen LogP contribution is -2.35. The van der Waals surface area contributed by atoms with Gasteiger partial charge in [0.05, 0.1) is 5.69 Å². The first kappa shape index (κ1) is 15.7. The number of aryl methyl sites for hydroxylation is 3. The Morgan fingerprint density at radius 1 is 1.47 bits per heavy atom. The molecule has 0 bridgehead atoms. The molecule has 0 radical (unpaired) electrons. The van der Waals surface area contributed by atoms with Gasteiger partial charge in [0, 0.05) is 31.2 Å². The van der Waals surface area contributed by atoms with Crippen LogP contribution < -0.4 is 11.1 Å². The van der Waals surface area contributed by atoms with Crippen LogP contribution in [0.2, 0.25) is 0 Å². The Balaban J connectivity index is 2.20. The molecule has 108 valence electrons. The van der Waals surface area contributed by atoms with Crippen molar-refractivity contribution < 1.29 is 4.79 Å². The SMILES string of the molecule is Cc1cc(C)n(CCCNC(=O)CC(N)C(C)C)n1. The van der Waals surface area contributed by atoms with Gasteiger partial charge in [0.1, 0.15) is 0 Å². The maximum atomic E-state index is 11.6. The first-order valence-electron chi connectivity index (χ1n) is 6.93. The third kappa shape index (κ3) is 5.42. The summed E-state index contributed by atoms with van der Waals surface area (Å²) in [5, 5.41) is 7.29. The fraction of sp³-hybridized carbons (Fsp3) is 0.714. The van der Waals surface area contributed by atoms with Crippen molar-refractivity contribution >= 4 is 5.91 Å². The smallest absolute Gasteiger partial charge is 0.221 e. The lowest BCUT2D eigenvalue weighted by molar-refractivity contribution is -0.121. The molecule has 1 aromatic rings. The number of nitrogens with two attached hydrogens (primary N) is 1. The Morgan fingerprint density at radius 3 is 2.68 bits per heavy atom. The molecule has 0 fully saturated rings. The van der Waals surface area contributed by atoms with Gasteiger partial charge < -0.3 is 11.1 Å². The Labute approximate surface area is 115 Å². The van der Waals surface area contributed by atoms with E-state index in [2.05, 4.69) is 16.5 Å². The lowest BCUT2D eigenvalue weighted by Gasteiger charge is -2.15. The summed E-state index contributed by atoms with van der Waals surface area (Å²) in [6.07, 6.45) is 1.28. The van der Waals surface area contributed by atoms with E-state index < -0.39 is 0 Å². The van der Waals surface area contributed by atoms with Crippen LogP contribution in [-0.2, 0) is 11.3 Å². The molecule has 0 saturated heterocycles. The molecule has 3 N–H and O–H groups in total. The van der Waals surface area contributed by atoms with Gasteiger partial charge in [-0.05, 0) is 32.3 Å². The fourth-order valence-corrected chi connectivity index (χ4v) is 1.88. The fourth-order valence-electron chi connectivity index (χ4n) is 1.88. The van der Waals surface area contributed by atoms with Gasteiger partial charge in [-0.15, -0.1) is 0 Å². The summed E-state index contributed by atoms with van der Waals surface area (Å²) in [7, 11) is 0. The predicted molar refractivity (Wildman–Crippen MR) is 76.8 cm³/mol. The van der Waals surface area contributed by atoms with Gasteiger partial charge in [-0.25, -0.2) is 0 Å². The van der Waals surface area contributed by atoms with Crippen molar-refractivity contribution in [2.24, 2.45) is 11.7 Å². The summed E-state index contributed by atoms with van der Waals surface area (Å²) >= 11 is 0. The molecule has 1 heterocycles. The van der Waals surface area contributed by atoms with Crippen LogP contribution in [0.15, 0.2) is 6.07 Å². The monoisotopic (exact) mass is 266 g/mol. The summed E-state index contributed by atoms with van der Waals surface area (Å²) in [4.78, 5) is 11.6. The number of carbonyl (C=O) groups excluding carboxylic acids is 1. The summed E-state index contributed by atoms with van der Waals surface area (Å²) < 4.78 is 1.97. The molecular weight excluding hydrogens is 240 g/mol. The van der Waals surface area contributed by atoms with E-state index in [9.17, 15) is 4.79 Å². The number of hydrogen-bond acceptors (Lipinski definition) is 3. The maximum Gasteiger partial charge on any atom is 0.221 e. The van der Waals surface area contributed by atoms with Gasteiger partial charge in [0.2, 0.25) is 5.91 Å². The van der Waals surface area contributed by atoms with Gasteiger partial charge in [0.25, 0.3) is 0 Å². The van der Waals surface area contributed by atoms with E-state index in [1.165, 1.54) is 0 Å². The normalized spacial score (nSPS) is 12.7. The molecule has 0 aromatic carbocycles. The zero-order valence-corrected chi connectivity index (χ0v) is 12.4. The third-order valence-corrected chi connectivity index (χ3v) is 3.25. The first-order valence-corrected chi connectivity index (χ1v) is 6.93. The van der Waals surface area contributed by atoms with E-state index in [1.807, 2.05) is 32.4 Å². The van der Waals surface area contributed by atoms with Crippen LogP contribution in [0.5, 0.6) is 0 Å². The minimum absolute atomic E-state index is 0.0366. The molecule has 0 saturated carbocycles. The van der Waals surface area contributed by atoms with Gasteiger partial charge in [-0.2, -0.15) is 5.10 Å². The summed E-state index contributed by atoms with van der Waals surface area (Å²) in [5.41, 5.74) is 8.05. The predicted octanol–water partition coefficient (Wildman–Crippen LogP) is 1.38. The van der Waals surface area contributed by atoms with Gasteiger partial charge in [-0.3, -0.25) is 9.48 Å². The molecule has 5 heteroatoms. The highest BCUT2D eigenvalue weighted by molar-refractivity contribution is 5.76. The van der Waals surface area contributed by atoms with Crippen molar-refractivity contribution in [3.63, 3.8) is 0 Å². The van der Waals surface area contributed by atoms with Crippen LogP contribution in [0.3, 0.4) is 0 Å². The molecular formula is C14H26N4O. The van der Waals surface area contributed by atoms with Gasteiger partial charge in [0.15, 0.2) is 0 Å².